The lowest BCUT2D eigenvalue weighted by atomic mass is 9.95. The summed E-state index contributed by atoms with van der Waals surface area (Å²) < 4.78 is 27.4. The van der Waals surface area contributed by atoms with Gasteiger partial charge in [0.2, 0.25) is 0 Å². The van der Waals surface area contributed by atoms with Crippen molar-refractivity contribution in [1.82, 2.24) is 0 Å². The molecule has 1 unspecified atom stereocenters. The van der Waals surface area contributed by atoms with Crippen molar-refractivity contribution < 1.29 is 28.6 Å². The first-order valence-electron chi connectivity index (χ1n) is 9.19. The second-order valence-corrected chi connectivity index (χ2v) is 7.80. The molecule has 1 atom stereocenters. The number of aliphatic hydroxyl groups is 1. The topological polar surface area (TPSA) is 77.8 Å². The molecule has 1 aliphatic rings. The summed E-state index contributed by atoms with van der Waals surface area (Å²) in [5, 5.41) is 20.9. The molecule has 4 rings (SSSR count). The SMILES string of the molecule is O=C1C(=O)N(c2ccc(F)c(F)c2)C(c2ccc(O)cc2)/C1=C(\O)c1ccc(Cl)c(Cl)c1. The number of nitrogens with zero attached hydrogens (tertiary/aromatic N) is 1. The molecule has 3 aromatic rings. The third-order valence-electron chi connectivity index (χ3n) is 5.03. The van der Waals surface area contributed by atoms with Crippen LogP contribution < -0.4 is 4.90 Å². The zero-order chi connectivity index (χ0) is 23.2. The number of ketones is 1. The average molecular weight is 476 g/mol. The molecule has 0 aromatic heterocycles. The molecule has 1 amide bonds. The number of aliphatic hydroxyl groups excluding tert-OH is 1. The third kappa shape index (κ3) is 3.70. The number of halogens is 4. The number of phenolic OH excluding ortho intramolecular Hbond substituents is 1. The first-order valence-corrected chi connectivity index (χ1v) is 9.95. The van der Waals surface area contributed by atoms with Gasteiger partial charge >= 0.3 is 0 Å². The van der Waals surface area contributed by atoms with Gasteiger partial charge in [0, 0.05) is 17.3 Å². The van der Waals surface area contributed by atoms with E-state index in [1.165, 1.54) is 42.5 Å². The van der Waals surface area contributed by atoms with Crippen LogP contribution in [0.1, 0.15) is 17.2 Å². The summed E-state index contributed by atoms with van der Waals surface area (Å²) in [4.78, 5) is 26.9. The van der Waals surface area contributed by atoms with Gasteiger partial charge in [0.25, 0.3) is 11.7 Å². The Hall–Kier alpha value is -3.42. The fourth-order valence-electron chi connectivity index (χ4n) is 3.50. The summed E-state index contributed by atoms with van der Waals surface area (Å²) in [7, 11) is 0. The number of hydrogen-bond acceptors (Lipinski definition) is 4. The summed E-state index contributed by atoms with van der Waals surface area (Å²) >= 11 is 11.9. The fourth-order valence-corrected chi connectivity index (χ4v) is 3.80. The highest BCUT2D eigenvalue weighted by atomic mass is 35.5. The Balaban J connectivity index is 1.96. The van der Waals surface area contributed by atoms with Crippen LogP contribution in [0.25, 0.3) is 5.76 Å². The molecular formula is C23H13Cl2F2NO4. The van der Waals surface area contributed by atoms with E-state index in [-0.39, 0.29) is 32.6 Å². The van der Waals surface area contributed by atoms with E-state index in [1.807, 2.05) is 0 Å². The minimum atomic E-state index is -1.21. The molecule has 0 aliphatic carbocycles. The average Bonchev–Trinajstić information content (AvgIpc) is 3.03. The van der Waals surface area contributed by atoms with Crippen molar-refractivity contribution >= 4 is 46.3 Å². The Morgan fingerprint density at radius 1 is 0.875 bits per heavy atom. The molecule has 1 saturated heterocycles. The van der Waals surface area contributed by atoms with Crippen molar-refractivity contribution in [2.24, 2.45) is 0 Å². The first kappa shape index (κ1) is 21.8. The number of phenols is 1. The molecule has 0 bridgehead atoms. The van der Waals surface area contributed by atoms with Crippen LogP contribution in [0.2, 0.25) is 10.0 Å². The Morgan fingerprint density at radius 3 is 2.19 bits per heavy atom. The van der Waals surface area contributed by atoms with E-state index in [4.69, 9.17) is 23.2 Å². The lowest BCUT2D eigenvalue weighted by Crippen LogP contribution is -2.29. The van der Waals surface area contributed by atoms with E-state index in [1.54, 1.807) is 0 Å². The number of anilines is 1. The van der Waals surface area contributed by atoms with Crippen molar-refractivity contribution in [1.29, 1.82) is 0 Å². The number of hydrogen-bond donors (Lipinski definition) is 2. The molecule has 0 radical (unpaired) electrons. The van der Waals surface area contributed by atoms with Crippen molar-refractivity contribution in [3.8, 4) is 5.75 Å². The van der Waals surface area contributed by atoms with Gasteiger partial charge in [-0.3, -0.25) is 14.5 Å². The van der Waals surface area contributed by atoms with Gasteiger partial charge in [-0.05, 0) is 48.0 Å². The summed E-state index contributed by atoms with van der Waals surface area (Å²) in [6, 6.07) is 11.3. The first-order chi connectivity index (χ1) is 15.2. The normalized spacial score (nSPS) is 17.8. The quantitative estimate of drug-likeness (QED) is 0.293. The summed E-state index contributed by atoms with van der Waals surface area (Å²) in [5.74, 6) is -5.00. The molecule has 0 saturated carbocycles. The molecule has 1 fully saturated rings. The maximum absolute atomic E-state index is 13.9. The predicted molar refractivity (Wildman–Crippen MR) is 116 cm³/mol. The molecule has 2 N–H and O–H groups in total. The number of carbonyl (C=O) groups is 2. The van der Waals surface area contributed by atoms with Crippen LogP contribution >= 0.6 is 23.2 Å². The molecule has 0 spiro atoms. The van der Waals surface area contributed by atoms with Crippen LogP contribution in [-0.4, -0.2) is 21.9 Å². The monoisotopic (exact) mass is 475 g/mol. The van der Waals surface area contributed by atoms with E-state index in [0.29, 0.717) is 5.56 Å². The molecule has 1 aliphatic heterocycles. The maximum atomic E-state index is 13.9. The highest BCUT2D eigenvalue weighted by Crippen LogP contribution is 2.43. The highest BCUT2D eigenvalue weighted by molar-refractivity contribution is 6.51. The van der Waals surface area contributed by atoms with E-state index in [9.17, 15) is 28.6 Å². The zero-order valence-corrected chi connectivity index (χ0v) is 17.5. The number of Topliss-reactive ketones (excluding diaryl/α,β-unsaturated/α-hetero) is 1. The van der Waals surface area contributed by atoms with E-state index in [0.717, 1.165) is 23.1 Å². The van der Waals surface area contributed by atoms with Gasteiger partial charge in [-0.2, -0.15) is 0 Å². The smallest absolute Gasteiger partial charge is 0.300 e. The van der Waals surface area contributed by atoms with Crippen molar-refractivity contribution in [3.63, 3.8) is 0 Å². The van der Waals surface area contributed by atoms with E-state index in [2.05, 4.69) is 0 Å². The van der Waals surface area contributed by atoms with Crippen LogP contribution in [0.3, 0.4) is 0 Å². The minimum Gasteiger partial charge on any atom is -0.508 e. The summed E-state index contributed by atoms with van der Waals surface area (Å²) in [5.41, 5.74) is 0.0980. The second kappa shape index (κ2) is 8.26. The largest absolute Gasteiger partial charge is 0.508 e. The fraction of sp³-hybridized carbons (Fsp3) is 0.0435. The summed E-state index contributed by atoms with van der Waals surface area (Å²) in [6.07, 6.45) is 0. The molecule has 162 valence electrons. The summed E-state index contributed by atoms with van der Waals surface area (Å²) in [6.45, 7) is 0. The molecule has 5 nitrogen and oxygen atoms in total. The Kier molecular flexibility index (Phi) is 5.62. The van der Waals surface area contributed by atoms with Crippen LogP contribution in [-0.2, 0) is 9.59 Å². The Bertz CT molecular complexity index is 1290. The predicted octanol–water partition coefficient (Wildman–Crippen LogP) is 5.60. The van der Waals surface area contributed by atoms with Crippen LogP contribution in [0.15, 0.2) is 66.2 Å². The van der Waals surface area contributed by atoms with Gasteiger partial charge < -0.3 is 10.2 Å². The number of carbonyl (C=O) groups excluding carboxylic acids is 2. The van der Waals surface area contributed by atoms with Crippen LogP contribution in [0, 0.1) is 11.6 Å². The van der Waals surface area contributed by atoms with Crippen molar-refractivity contribution in [2.45, 2.75) is 6.04 Å². The van der Waals surface area contributed by atoms with Gasteiger partial charge in [0.15, 0.2) is 11.6 Å². The van der Waals surface area contributed by atoms with Gasteiger partial charge in [0.05, 0.1) is 21.7 Å². The third-order valence-corrected chi connectivity index (χ3v) is 5.77. The van der Waals surface area contributed by atoms with Gasteiger partial charge in [-0.25, -0.2) is 8.78 Å². The van der Waals surface area contributed by atoms with Gasteiger partial charge in [-0.1, -0.05) is 35.3 Å². The lowest BCUT2D eigenvalue weighted by molar-refractivity contribution is -0.132. The maximum Gasteiger partial charge on any atom is 0.300 e. The molecular weight excluding hydrogens is 463 g/mol. The molecule has 3 aromatic carbocycles. The van der Waals surface area contributed by atoms with E-state index >= 15 is 0 Å². The van der Waals surface area contributed by atoms with Gasteiger partial charge in [-0.15, -0.1) is 0 Å². The molecule has 1 heterocycles. The number of benzene rings is 3. The number of aromatic hydroxyl groups is 1. The van der Waals surface area contributed by atoms with Crippen molar-refractivity contribution in [2.75, 3.05) is 4.90 Å². The number of amides is 1. The minimum absolute atomic E-state index is 0.0667. The molecule has 32 heavy (non-hydrogen) atoms. The van der Waals surface area contributed by atoms with Gasteiger partial charge in [0.1, 0.15) is 11.5 Å². The van der Waals surface area contributed by atoms with E-state index < -0.39 is 35.1 Å². The number of rotatable bonds is 3. The van der Waals surface area contributed by atoms with Crippen LogP contribution in [0.4, 0.5) is 14.5 Å². The zero-order valence-electron chi connectivity index (χ0n) is 16.0. The molecule has 9 heteroatoms. The Labute approximate surface area is 190 Å². The van der Waals surface area contributed by atoms with Crippen LogP contribution in [0.5, 0.6) is 5.75 Å². The Morgan fingerprint density at radius 2 is 1.56 bits per heavy atom. The van der Waals surface area contributed by atoms with Crippen molar-refractivity contribution in [3.05, 3.63) is 99.0 Å². The lowest BCUT2D eigenvalue weighted by Gasteiger charge is -2.25. The standard InChI is InChI=1S/C23H13Cl2F2NO4/c24-15-7-3-12(9-16(15)25)21(30)19-20(11-1-5-14(29)6-2-11)28(23(32)22(19)31)13-4-8-17(26)18(27)10-13/h1-10,20,29-30H/b21-19+. The second-order valence-electron chi connectivity index (χ2n) is 6.99. The highest BCUT2D eigenvalue weighted by Gasteiger charge is 2.47.